The van der Waals surface area contributed by atoms with E-state index < -0.39 is 5.97 Å². The molecule has 0 saturated carbocycles. The van der Waals surface area contributed by atoms with Crippen LogP contribution in [-0.2, 0) is 0 Å². The number of aromatic carboxylic acids is 1. The minimum atomic E-state index is -0.988. The molecule has 0 saturated heterocycles. The molecule has 0 aliphatic rings. The highest BCUT2D eigenvalue weighted by Crippen LogP contribution is 2.24. The van der Waals surface area contributed by atoms with Gasteiger partial charge in [0.2, 0.25) is 0 Å². The Kier molecular flexibility index (Phi) is 4.38. The van der Waals surface area contributed by atoms with Gasteiger partial charge >= 0.3 is 5.97 Å². The minimum Gasteiger partial charge on any atom is -0.478 e. The molecule has 2 aromatic rings. The summed E-state index contributed by atoms with van der Waals surface area (Å²) in [7, 11) is 0. The highest BCUT2D eigenvalue weighted by atomic mass is 16.4. The number of hydrogen-bond acceptors (Lipinski definition) is 2. The second-order valence-corrected chi connectivity index (χ2v) is 4.67. The molecule has 0 spiro atoms. The fourth-order valence-corrected chi connectivity index (χ4v) is 2.31. The van der Waals surface area contributed by atoms with Gasteiger partial charge in [0.25, 0.3) is 5.91 Å². The van der Waals surface area contributed by atoms with Crippen molar-refractivity contribution in [3.63, 3.8) is 0 Å². The number of hydrogen-bond donors (Lipinski definition) is 1. The standard InChI is InChI=1S/C17H17NO3/c1-3-18(16(19)13-8-5-4-6-9-13)15-11-7-10-14(12(15)2)17(20)21/h4-11H,3H2,1-2H3,(H,20,21). The molecule has 0 unspecified atom stereocenters. The number of carboxylic acid groups (broad SMARTS) is 1. The molecule has 108 valence electrons. The molecule has 0 bridgehead atoms. The van der Waals surface area contributed by atoms with Crippen molar-refractivity contribution in [2.24, 2.45) is 0 Å². The Morgan fingerprint density at radius 2 is 1.71 bits per heavy atom. The number of anilines is 1. The van der Waals surface area contributed by atoms with E-state index in [2.05, 4.69) is 0 Å². The maximum absolute atomic E-state index is 12.6. The van der Waals surface area contributed by atoms with Crippen LogP contribution in [0.15, 0.2) is 48.5 Å². The average Bonchev–Trinajstić information content (AvgIpc) is 2.50. The van der Waals surface area contributed by atoms with Crippen LogP contribution in [0, 0.1) is 6.92 Å². The molecule has 0 aliphatic carbocycles. The van der Waals surface area contributed by atoms with Crippen LogP contribution in [0.1, 0.15) is 33.2 Å². The SMILES string of the molecule is CCN(C(=O)c1ccccc1)c1cccc(C(=O)O)c1C. The molecule has 4 heteroatoms. The Morgan fingerprint density at radius 3 is 2.29 bits per heavy atom. The van der Waals surface area contributed by atoms with Crippen LogP contribution in [-0.4, -0.2) is 23.5 Å². The van der Waals surface area contributed by atoms with Gasteiger partial charge in [0, 0.05) is 17.8 Å². The predicted molar refractivity (Wildman–Crippen MR) is 81.9 cm³/mol. The first kappa shape index (κ1) is 14.8. The maximum Gasteiger partial charge on any atom is 0.336 e. The predicted octanol–water partition coefficient (Wildman–Crippen LogP) is 3.36. The smallest absolute Gasteiger partial charge is 0.336 e. The Morgan fingerprint density at radius 1 is 1.05 bits per heavy atom. The number of nitrogens with zero attached hydrogens (tertiary/aromatic N) is 1. The number of carbonyl (C=O) groups is 2. The summed E-state index contributed by atoms with van der Waals surface area (Å²) in [6, 6.07) is 13.9. The van der Waals surface area contributed by atoms with Crippen LogP contribution in [0.2, 0.25) is 0 Å². The summed E-state index contributed by atoms with van der Waals surface area (Å²) in [5.41, 5.74) is 2.02. The van der Waals surface area contributed by atoms with Crippen LogP contribution in [0.3, 0.4) is 0 Å². The number of amides is 1. The van der Waals surface area contributed by atoms with Crippen molar-refractivity contribution in [2.45, 2.75) is 13.8 Å². The first-order valence-electron chi connectivity index (χ1n) is 6.76. The largest absolute Gasteiger partial charge is 0.478 e. The van der Waals surface area contributed by atoms with E-state index in [-0.39, 0.29) is 11.5 Å². The molecule has 0 aromatic heterocycles. The molecule has 2 rings (SSSR count). The van der Waals surface area contributed by atoms with E-state index in [1.165, 1.54) is 0 Å². The first-order chi connectivity index (χ1) is 10.1. The summed E-state index contributed by atoms with van der Waals surface area (Å²) in [5, 5.41) is 9.20. The van der Waals surface area contributed by atoms with Crippen molar-refractivity contribution < 1.29 is 14.7 Å². The molecule has 0 fully saturated rings. The topological polar surface area (TPSA) is 57.6 Å². The van der Waals surface area contributed by atoms with Crippen LogP contribution in [0.4, 0.5) is 5.69 Å². The van der Waals surface area contributed by atoms with Gasteiger partial charge in [0.15, 0.2) is 0 Å². The highest BCUT2D eigenvalue weighted by molar-refractivity contribution is 6.07. The highest BCUT2D eigenvalue weighted by Gasteiger charge is 2.20. The Hall–Kier alpha value is -2.62. The normalized spacial score (nSPS) is 10.2. The van der Waals surface area contributed by atoms with E-state index in [0.29, 0.717) is 23.4 Å². The third-order valence-electron chi connectivity index (χ3n) is 3.41. The minimum absolute atomic E-state index is 0.135. The van der Waals surface area contributed by atoms with Gasteiger partial charge in [0.05, 0.1) is 5.56 Å². The quantitative estimate of drug-likeness (QED) is 0.936. The lowest BCUT2D eigenvalue weighted by molar-refractivity contribution is 0.0695. The van der Waals surface area contributed by atoms with E-state index in [1.54, 1.807) is 42.2 Å². The molecule has 0 radical (unpaired) electrons. The van der Waals surface area contributed by atoms with Crippen molar-refractivity contribution in [2.75, 3.05) is 11.4 Å². The zero-order valence-electron chi connectivity index (χ0n) is 12.0. The van der Waals surface area contributed by atoms with Crippen molar-refractivity contribution in [1.29, 1.82) is 0 Å². The van der Waals surface area contributed by atoms with E-state index in [1.807, 2.05) is 25.1 Å². The molecule has 1 amide bonds. The van der Waals surface area contributed by atoms with E-state index in [0.717, 1.165) is 0 Å². The van der Waals surface area contributed by atoms with E-state index in [4.69, 9.17) is 0 Å². The van der Waals surface area contributed by atoms with Gasteiger partial charge < -0.3 is 10.0 Å². The summed E-state index contributed by atoms with van der Waals surface area (Å²) in [5.74, 6) is -1.12. The second kappa shape index (κ2) is 6.22. The molecule has 1 N–H and O–H groups in total. The molecule has 2 aromatic carbocycles. The Balaban J connectivity index is 2.45. The van der Waals surface area contributed by atoms with Crippen LogP contribution in [0.25, 0.3) is 0 Å². The van der Waals surface area contributed by atoms with Crippen LogP contribution >= 0.6 is 0 Å². The molecule has 21 heavy (non-hydrogen) atoms. The fourth-order valence-electron chi connectivity index (χ4n) is 2.31. The third kappa shape index (κ3) is 2.94. The summed E-state index contributed by atoms with van der Waals surface area (Å²) >= 11 is 0. The summed E-state index contributed by atoms with van der Waals surface area (Å²) < 4.78 is 0. The van der Waals surface area contributed by atoms with Crippen molar-refractivity contribution in [1.82, 2.24) is 0 Å². The van der Waals surface area contributed by atoms with Gasteiger partial charge in [-0.3, -0.25) is 4.79 Å². The Bertz CT molecular complexity index is 665. The van der Waals surface area contributed by atoms with Crippen molar-refractivity contribution in [3.8, 4) is 0 Å². The molecular weight excluding hydrogens is 266 g/mol. The van der Waals surface area contributed by atoms with Gasteiger partial charge in [-0.1, -0.05) is 24.3 Å². The summed E-state index contributed by atoms with van der Waals surface area (Å²) in [4.78, 5) is 25.4. The zero-order valence-corrected chi connectivity index (χ0v) is 12.0. The number of carboxylic acids is 1. The van der Waals surface area contributed by atoms with Crippen molar-refractivity contribution >= 4 is 17.6 Å². The van der Waals surface area contributed by atoms with Gasteiger partial charge in [-0.2, -0.15) is 0 Å². The van der Waals surface area contributed by atoms with Gasteiger partial charge in [-0.25, -0.2) is 4.79 Å². The molecule has 0 heterocycles. The maximum atomic E-state index is 12.6. The number of benzene rings is 2. The van der Waals surface area contributed by atoms with Gasteiger partial charge in [-0.15, -0.1) is 0 Å². The molecule has 4 nitrogen and oxygen atoms in total. The van der Waals surface area contributed by atoms with Crippen LogP contribution < -0.4 is 4.90 Å². The fraction of sp³-hybridized carbons (Fsp3) is 0.176. The lowest BCUT2D eigenvalue weighted by atomic mass is 10.0. The monoisotopic (exact) mass is 283 g/mol. The van der Waals surface area contributed by atoms with Gasteiger partial charge in [-0.05, 0) is 43.7 Å². The lowest BCUT2D eigenvalue weighted by Gasteiger charge is -2.23. The van der Waals surface area contributed by atoms with Crippen molar-refractivity contribution in [3.05, 3.63) is 65.2 Å². The van der Waals surface area contributed by atoms with E-state index in [9.17, 15) is 14.7 Å². The molecule has 0 atom stereocenters. The Labute approximate surface area is 123 Å². The molecular formula is C17H17NO3. The lowest BCUT2D eigenvalue weighted by Crippen LogP contribution is -2.31. The average molecular weight is 283 g/mol. The summed E-state index contributed by atoms with van der Waals surface area (Å²) in [6.45, 7) is 4.06. The number of carbonyl (C=O) groups excluding carboxylic acids is 1. The van der Waals surface area contributed by atoms with Gasteiger partial charge in [0.1, 0.15) is 0 Å². The first-order valence-corrected chi connectivity index (χ1v) is 6.76. The summed E-state index contributed by atoms with van der Waals surface area (Å²) in [6.07, 6.45) is 0. The van der Waals surface area contributed by atoms with Crippen LogP contribution in [0.5, 0.6) is 0 Å². The van der Waals surface area contributed by atoms with E-state index >= 15 is 0 Å². The molecule has 0 aliphatic heterocycles. The zero-order chi connectivity index (χ0) is 15.4. The number of rotatable bonds is 4. The third-order valence-corrected chi connectivity index (χ3v) is 3.41. The second-order valence-electron chi connectivity index (χ2n) is 4.67.